The Bertz CT molecular complexity index is 1360. The summed E-state index contributed by atoms with van der Waals surface area (Å²) in [5.74, 6) is -2.30. The molecular formula is C20H17F4N5O4S. The second-order valence-electron chi connectivity index (χ2n) is 7.32. The fraction of sp³-hybridized carbons (Fsp3) is 0.300. The van der Waals surface area contributed by atoms with Gasteiger partial charge >= 0.3 is 6.18 Å². The molecule has 0 radical (unpaired) electrons. The van der Waals surface area contributed by atoms with Gasteiger partial charge in [0.05, 0.1) is 23.6 Å². The molecule has 0 saturated carbocycles. The van der Waals surface area contributed by atoms with Gasteiger partial charge in [0, 0.05) is 24.4 Å². The summed E-state index contributed by atoms with van der Waals surface area (Å²) in [6.07, 6.45) is -2.22. The second-order valence-corrected chi connectivity index (χ2v) is 9.51. The van der Waals surface area contributed by atoms with Crippen molar-refractivity contribution in [2.75, 3.05) is 12.3 Å². The van der Waals surface area contributed by atoms with Crippen LogP contribution < -0.4 is 4.74 Å². The minimum Gasteiger partial charge on any atom is -0.439 e. The molecule has 3 heterocycles. The molecule has 1 N–H and O–H groups in total. The van der Waals surface area contributed by atoms with Crippen molar-refractivity contribution < 1.29 is 35.5 Å². The van der Waals surface area contributed by atoms with Crippen molar-refractivity contribution in [3.63, 3.8) is 0 Å². The normalized spacial score (nSPS) is 14.1. The van der Waals surface area contributed by atoms with Crippen LogP contribution in [0.25, 0.3) is 0 Å². The number of amides is 1. The zero-order chi connectivity index (χ0) is 24.7. The van der Waals surface area contributed by atoms with Crippen molar-refractivity contribution in [1.29, 1.82) is 0 Å². The van der Waals surface area contributed by atoms with Crippen LogP contribution in [0.2, 0.25) is 0 Å². The van der Waals surface area contributed by atoms with E-state index >= 15 is 0 Å². The molecule has 1 amide bonds. The highest BCUT2D eigenvalue weighted by Crippen LogP contribution is 2.35. The molecule has 34 heavy (non-hydrogen) atoms. The lowest BCUT2D eigenvalue weighted by Crippen LogP contribution is -2.37. The van der Waals surface area contributed by atoms with Gasteiger partial charge in [-0.25, -0.2) is 27.8 Å². The summed E-state index contributed by atoms with van der Waals surface area (Å²) in [7, 11) is -3.60. The van der Waals surface area contributed by atoms with E-state index in [4.69, 9.17) is 4.74 Å². The van der Waals surface area contributed by atoms with E-state index in [1.165, 1.54) is 18.0 Å². The highest BCUT2D eigenvalue weighted by molar-refractivity contribution is 7.91. The Morgan fingerprint density at radius 3 is 2.71 bits per heavy atom. The number of benzene rings is 1. The largest absolute Gasteiger partial charge is 0.439 e. The van der Waals surface area contributed by atoms with Crippen LogP contribution in [0, 0.1) is 5.82 Å². The molecule has 4 rings (SSSR count). The first-order valence-corrected chi connectivity index (χ1v) is 11.6. The van der Waals surface area contributed by atoms with Gasteiger partial charge in [0.1, 0.15) is 23.6 Å². The van der Waals surface area contributed by atoms with Gasteiger partial charge in [-0.3, -0.25) is 4.79 Å². The zero-order valence-corrected chi connectivity index (χ0v) is 18.4. The third-order valence-corrected chi connectivity index (χ3v) is 6.72. The summed E-state index contributed by atoms with van der Waals surface area (Å²) in [6, 6.07) is 2.18. The summed E-state index contributed by atoms with van der Waals surface area (Å²) in [6.45, 7) is 1.69. The van der Waals surface area contributed by atoms with Crippen LogP contribution in [-0.2, 0) is 29.0 Å². The van der Waals surface area contributed by atoms with Crippen molar-refractivity contribution in [2.24, 2.45) is 0 Å². The number of imidazole rings is 1. The van der Waals surface area contributed by atoms with Gasteiger partial charge in [-0.05, 0) is 18.6 Å². The Kier molecular flexibility index (Phi) is 6.02. The third-order valence-electron chi connectivity index (χ3n) is 5.16. The van der Waals surface area contributed by atoms with Gasteiger partial charge in [0.15, 0.2) is 0 Å². The van der Waals surface area contributed by atoms with Crippen LogP contribution in [0.5, 0.6) is 11.6 Å². The highest BCUT2D eigenvalue weighted by Gasteiger charge is 2.34. The van der Waals surface area contributed by atoms with E-state index in [-0.39, 0.29) is 47.7 Å². The number of alkyl halides is 3. The Hall–Kier alpha value is -3.55. The number of sulfone groups is 1. The predicted molar refractivity (Wildman–Crippen MR) is 108 cm³/mol. The lowest BCUT2D eigenvalue weighted by molar-refractivity contribution is -0.140. The molecule has 0 fully saturated rings. The molecule has 9 nitrogen and oxygen atoms in total. The number of carbonyl (C=O) groups excluding carboxylic acids is 1. The van der Waals surface area contributed by atoms with Gasteiger partial charge in [-0.15, -0.1) is 0 Å². The fourth-order valence-electron chi connectivity index (χ4n) is 3.36. The molecule has 0 aliphatic carbocycles. The number of fused-ring (bicyclic) bond motifs is 1. The van der Waals surface area contributed by atoms with E-state index < -0.39 is 33.3 Å². The SMILES string of the molecule is CCS(=O)(=O)c1nc(C(=O)N2CCc3c(ncnc3Oc3ccc(C(F)(F)F)c(F)c3)C2)c[nH]1. The zero-order valence-electron chi connectivity index (χ0n) is 17.6. The van der Waals surface area contributed by atoms with Crippen molar-refractivity contribution in [3.05, 3.63) is 59.1 Å². The van der Waals surface area contributed by atoms with Crippen LogP contribution in [0.15, 0.2) is 35.9 Å². The minimum absolute atomic E-state index is 0.0346. The quantitative estimate of drug-likeness (QED) is 0.536. The number of aromatic amines is 1. The maximum atomic E-state index is 13.9. The molecule has 0 spiro atoms. The number of H-pyrrole nitrogens is 1. The lowest BCUT2D eigenvalue weighted by atomic mass is 10.1. The summed E-state index contributed by atoms with van der Waals surface area (Å²) in [4.78, 5) is 28.7. The van der Waals surface area contributed by atoms with Gasteiger partial charge in [-0.2, -0.15) is 13.2 Å². The summed E-state index contributed by atoms with van der Waals surface area (Å²) >= 11 is 0. The molecule has 0 saturated heterocycles. The summed E-state index contributed by atoms with van der Waals surface area (Å²) in [5, 5.41) is -0.294. The molecule has 0 atom stereocenters. The highest BCUT2D eigenvalue weighted by atomic mass is 32.2. The van der Waals surface area contributed by atoms with Gasteiger partial charge in [-0.1, -0.05) is 6.92 Å². The fourth-order valence-corrected chi connectivity index (χ4v) is 4.11. The molecule has 180 valence electrons. The number of carbonyl (C=O) groups is 1. The smallest absolute Gasteiger partial charge is 0.419 e. The third kappa shape index (κ3) is 4.58. The Morgan fingerprint density at radius 1 is 1.26 bits per heavy atom. The van der Waals surface area contributed by atoms with Gasteiger partial charge < -0.3 is 14.6 Å². The molecule has 1 aliphatic rings. The Balaban J connectivity index is 1.53. The number of rotatable bonds is 5. The standard InChI is InChI=1S/C20H17F4N5O4S/c1-2-34(31,32)19-25-8-15(28-19)18(30)29-6-5-12-16(9-29)26-10-27-17(12)33-11-3-4-13(14(21)7-11)20(22,23)24/h3-4,7-8,10H,2,5-6,9H2,1H3,(H,25,28). The van der Waals surface area contributed by atoms with Crippen LogP contribution in [-0.4, -0.2) is 51.5 Å². The van der Waals surface area contributed by atoms with Crippen LogP contribution in [0.4, 0.5) is 17.6 Å². The van der Waals surface area contributed by atoms with Gasteiger partial charge in [0.2, 0.25) is 20.9 Å². The van der Waals surface area contributed by atoms with Crippen LogP contribution in [0.3, 0.4) is 0 Å². The number of aromatic nitrogens is 4. The maximum absolute atomic E-state index is 13.9. The van der Waals surface area contributed by atoms with Gasteiger partial charge in [0.25, 0.3) is 5.91 Å². The number of halogens is 4. The van der Waals surface area contributed by atoms with E-state index in [1.807, 2.05) is 0 Å². The van der Waals surface area contributed by atoms with E-state index in [9.17, 15) is 30.8 Å². The molecule has 14 heteroatoms. The number of nitrogens with one attached hydrogen (secondary N) is 1. The van der Waals surface area contributed by atoms with Crippen molar-refractivity contribution in [1.82, 2.24) is 24.8 Å². The molecule has 1 aromatic carbocycles. The first-order chi connectivity index (χ1) is 16.0. The van der Waals surface area contributed by atoms with Crippen molar-refractivity contribution in [2.45, 2.75) is 31.2 Å². The molecule has 0 unspecified atom stereocenters. The monoisotopic (exact) mass is 499 g/mol. The topological polar surface area (TPSA) is 118 Å². The molecule has 3 aromatic rings. The van der Waals surface area contributed by atoms with E-state index in [0.29, 0.717) is 23.4 Å². The number of nitrogens with zero attached hydrogens (tertiary/aromatic N) is 4. The van der Waals surface area contributed by atoms with E-state index in [2.05, 4.69) is 19.9 Å². The minimum atomic E-state index is -4.83. The van der Waals surface area contributed by atoms with Crippen molar-refractivity contribution in [3.8, 4) is 11.6 Å². The number of hydrogen-bond donors (Lipinski definition) is 1. The Labute approximate surface area is 190 Å². The first kappa shape index (κ1) is 23.6. The number of hydrogen-bond acceptors (Lipinski definition) is 7. The van der Waals surface area contributed by atoms with Crippen molar-refractivity contribution >= 4 is 15.7 Å². The van der Waals surface area contributed by atoms with E-state index in [0.717, 1.165) is 12.4 Å². The molecule has 1 aliphatic heterocycles. The maximum Gasteiger partial charge on any atom is 0.419 e. The lowest BCUT2D eigenvalue weighted by Gasteiger charge is -2.28. The molecule has 0 bridgehead atoms. The number of ether oxygens (including phenoxy) is 1. The Morgan fingerprint density at radius 2 is 2.03 bits per heavy atom. The summed E-state index contributed by atoms with van der Waals surface area (Å²) in [5.41, 5.74) is -0.537. The second kappa shape index (κ2) is 8.66. The summed E-state index contributed by atoms with van der Waals surface area (Å²) < 4.78 is 81.5. The first-order valence-electron chi connectivity index (χ1n) is 9.94. The van der Waals surface area contributed by atoms with Crippen LogP contribution >= 0.6 is 0 Å². The molecular weight excluding hydrogens is 482 g/mol. The predicted octanol–water partition coefficient (Wildman–Crippen LogP) is 3.14. The average molecular weight is 499 g/mol. The van der Waals surface area contributed by atoms with E-state index in [1.54, 1.807) is 0 Å². The average Bonchev–Trinajstić information content (AvgIpc) is 3.29. The molecule has 2 aromatic heterocycles. The van der Waals surface area contributed by atoms with Crippen LogP contribution in [0.1, 0.15) is 34.2 Å².